The van der Waals surface area contributed by atoms with Crippen LogP contribution in [0.2, 0.25) is 0 Å². The quantitative estimate of drug-likeness (QED) is 0.132. The fraction of sp³-hybridized carbons (Fsp3) is 0.0213. The number of para-hydroxylation sites is 2. The van der Waals surface area contributed by atoms with Crippen molar-refractivity contribution in [2.24, 2.45) is 9.98 Å². The second-order valence-corrected chi connectivity index (χ2v) is 12.7. The number of hydrogen-bond donors (Lipinski definition) is 0. The molecule has 4 nitrogen and oxygen atoms in total. The lowest BCUT2D eigenvalue weighted by Crippen LogP contribution is -2.05. The van der Waals surface area contributed by atoms with Gasteiger partial charge in [0, 0.05) is 43.9 Å². The van der Waals surface area contributed by atoms with Gasteiger partial charge in [-0.1, -0.05) is 134 Å². The van der Waals surface area contributed by atoms with Crippen LogP contribution in [-0.2, 0) is 0 Å². The molecule has 0 spiro atoms. The maximum atomic E-state index is 6.50. The van der Waals surface area contributed by atoms with E-state index in [1.807, 2.05) is 91.9 Å². The average Bonchev–Trinajstić information content (AvgIpc) is 3.76. The third kappa shape index (κ3) is 5.53. The van der Waals surface area contributed by atoms with Crippen molar-refractivity contribution >= 4 is 61.1 Å². The predicted octanol–water partition coefficient (Wildman–Crippen LogP) is 12.7. The van der Waals surface area contributed by atoms with Crippen molar-refractivity contribution in [3.63, 3.8) is 0 Å². The van der Waals surface area contributed by atoms with Gasteiger partial charge in [0.05, 0.1) is 5.70 Å². The van der Waals surface area contributed by atoms with Gasteiger partial charge in [-0.3, -0.25) is 0 Å². The van der Waals surface area contributed by atoms with Crippen molar-refractivity contribution in [3.05, 3.63) is 187 Å². The predicted molar refractivity (Wildman–Crippen MR) is 213 cm³/mol. The molecule has 0 amide bonds. The van der Waals surface area contributed by atoms with Crippen LogP contribution >= 0.6 is 0 Å². The summed E-state index contributed by atoms with van der Waals surface area (Å²) < 4.78 is 12.9. The van der Waals surface area contributed by atoms with E-state index >= 15 is 0 Å². The molecule has 7 aromatic carbocycles. The number of furan rings is 2. The van der Waals surface area contributed by atoms with Crippen molar-refractivity contribution in [1.82, 2.24) is 0 Å². The van der Waals surface area contributed by atoms with Crippen LogP contribution < -0.4 is 0 Å². The Balaban J connectivity index is 1.22. The first kappa shape index (κ1) is 30.3. The van der Waals surface area contributed by atoms with Gasteiger partial charge in [0.25, 0.3) is 0 Å². The van der Waals surface area contributed by atoms with Crippen LogP contribution in [0.3, 0.4) is 0 Å². The summed E-state index contributed by atoms with van der Waals surface area (Å²) in [5, 5.41) is 4.16. The van der Waals surface area contributed by atoms with Crippen LogP contribution in [0, 0.1) is 0 Å². The molecule has 0 aliphatic carbocycles. The zero-order valence-corrected chi connectivity index (χ0v) is 28.0. The first-order chi connectivity index (χ1) is 25.1. The van der Waals surface area contributed by atoms with E-state index in [4.69, 9.17) is 18.8 Å². The zero-order valence-electron chi connectivity index (χ0n) is 28.0. The van der Waals surface area contributed by atoms with Crippen LogP contribution in [-0.4, -0.2) is 11.5 Å². The van der Waals surface area contributed by atoms with Crippen molar-refractivity contribution in [3.8, 4) is 22.3 Å². The maximum Gasteiger partial charge on any atom is 0.160 e. The highest BCUT2D eigenvalue weighted by molar-refractivity contribution is 6.18. The Morgan fingerprint density at radius 2 is 1.04 bits per heavy atom. The molecule has 242 valence electrons. The molecule has 0 fully saturated rings. The average molecular weight is 657 g/mol. The molecule has 0 radical (unpaired) electrons. The van der Waals surface area contributed by atoms with Crippen LogP contribution in [0.5, 0.6) is 0 Å². The highest BCUT2D eigenvalue weighted by Crippen LogP contribution is 2.38. The van der Waals surface area contributed by atoms with Crippen LogP contribution in [0.15, 0.2) is 189 Å². The molecule has 9 rings (SSSR count). The smallest absolute Gasteiger partial charge is 0.160 e. The minimum absolute atomic E-state index is 0.565. The monoisotopic (exact) mass is 656 g/mol. The summed E-state index contributed by atoms with van der Waals surface area (Å²) in [6.45, 7) is 6.39. The molecule has 9 aromatic rings. The first-order valence-electron chi connectivity index (χ1n) is 17.0. The number of nitrogens with zero attached hydrogens (tertiary/aromatic N) is 2. The number of benzene rings is 7. The highest BCUT2D eigenvalue weighted by atomic mass is 16.3. The van der Waals surface area contributed by atoms with E-state index in [-0.39, 0.29) is 0 Å². The minimum atomic E-state index is 0.565. The van der Waals surface area contributed by atoms with Gasteiger partial charge in [0.2, 0.25) is 0 Å². The van der Waals surface area contributed by atoms with Crippen molar-refractivity contribution in [2.45, 2.75) is 6.92 Å². The molecule has 4 heteroatoms. The third-order valence-electron chi connectivity index (χ3n) is 9.44. The van der Waals surface area contributed by atoms with E-state index in [9.17, 15) is 0 Å². The van der Waals surface area contributed by atoms with Gasteiger partial charge in [-0.05, 0) is 65.6 Å². The van der Waals surface area contributed by atoms with E-state index in [0.29, 0.717) is 11.5 Å². The molecular weight excluding hydrogens is 625 g/mol. The van der Waals surface area contributed by atoms with Gasteiger partial charge >= 0.3 is 0 Å². The summed E-state index contributed by atoms with van der Waals surface area (Å²) in [4.78, 5) is 10.4. The minimum Gasteiger partial charge on any atom is -0.455 e. The SMILES string of the molecule is C=C(N=C(N=C(C)c1cc(-c2ccccc2)c2oc3ccccc3c2c1)c1ccc2oc3c(-c4ccccc4)cccc3c2c1)c1ccccc1. The number of rotatable bonds is 6. The molecule has 0 aliphatic heterocycles. The molecule has 0 N–H and O–H groups in total. The standard InChI is InChI=1S/C47H32N2O2/c1-30(32-15-6-3-7-16-32)48-47(35-25-26-44-41(27-35)39-23-14-22-37(45(39)51-44)33-17-8-4-9-18-33)49-31(2)36-28-40(34-19-10-5-11-20-34)46-42(29-36)38-21-12-13-24-43(38)50-46/h3-29H,1H2,2H3. The van der Waals surface area contributed by atoms with E-state index in [1.165, 1.54) is 0 Å². The second-order valence-electron chi connectivity index (χ2n) is 12.7. The third-order valence-corrected chi connectivity index (χ3v) is 9.44. The lowest BCUT2D eigenvalue weighted by Gasteiger charge is -2.10. The largest absolute Gasteiger partial charge is 0.455 e. The topological polar surface area (TPSA) is 51.0 Å². The Morgan fingerprint density at radius 1 is 0.451 bits per heavy atom. The van der Waals surface area contributed by atoms with Gasteiger partial charge in [-0.2, -0.15) is 0 Å². The molecule has 2 heterocycles. The van der Waals surface area contributed by atoms with Gasteiger partial charge in [0.15, 0.2) is 5.84 Å². The summed E-state index contributed by atoms with van der Waals surface area (Å²) in [5.74, 6) is 0.565. The Bertz CT molecular complexity index is 2810. The number of aliphatic imine (C=N–C) groups is 2. The Morgan fingerprint density at radius 3 is 1.78 bits per heavy atom. The Hall–Kier alpha value is -6.78. The van der Waals surface area contributed by atoms with Gasteiger partial charge in [0.1, 0.15) is 22.3 Å². The summed E-state index contributed by atoms with van der Waals surface area (Å²) in [5.41, 5.74) is 11.9. The summed E-state index contributed by atoms with van der Waals surface area (Å²) in [7, 11) is 0. The zero-order chi connectivity index (χ0) is 34.3. The maximum absolute atomic E-state index is 6.50. The van der Waals surface area contributed by atoms with E-state index in [1.54, 1.807) is 0 Å². The van der Waals surface area contributed by atoms with Crippen LogP contribution in [0.1, 0.15) is 23.6 Å². The molecular formula is C47H32N2O2. The van der Waals surface area contributed by atoms with Crippen molar-refractivity contribution in [1.29, 1.82) is 0 Å². The lowest BCUT2D eigenvalue weighted by atomic mass is 9.97. The molecule has 51 heavy (non-hydrogen) atoms. The van der Waals surface area contributed by atoms with Gasteiger partial charge < -0.3 is 8.83 Å². The van der Waals surface area contributed by atoms with Crippen molar-refractivity contribution in [2.75, 3.05) is 0 Å². The van der Waals surface area contributed by atoms with Crippen LogP contribution in [0.25, 0.3) is 71.8 Å². The fourth-order valence-electron chi connectivity index (χ4n) is 6.85. The number of amidine groups is 1. The highest BCUT2D eigenvalue weighted by Gasteiger charge is 2.18. The Kier molecular flexibility index (Phi) is 7.48. The fourth-order valence-corrected chi connectivity index (χ4v) is 6.85. The second kappa shape index (κ2) is 12.6. The normalized spacial score (nSPS) is 12.3. The van der Waals surface area contributed by atoms with Crippen LogP contribution in [0.4, 0.5) is 0 Å². The van der Waals surface area contributed by atoms with Gasteiger partial charge in [-0.25, -0.2) is 9.98 Å². The van der Waals surface area contributed by atoms with E-state index in [0.717, 1.165) is 88.5 Å². The lowest BCUT2D eigenvalue weighted by molar-refractivity contribution is 0.669. The van der Waals surface area contributed by atoms with Gasteiger partial charge in [-0.15, -0.1) is 0 Å². The summed E-state index contributed by atoms with van der Waals surface area (Å²) >= 11 is 0. The van der Waals surface area contributed by atoms with Crippen molar-refractivity contribution < 1.29 is 8.83 Å². The molecule has 0 saturated carbocycles. The Labute approximate surface area is 295 Å². The molecule has 0 saturated heterocycles. The summed E-state index contributed by atoms with van der Waals surface area (Å²) in [6, 6.07) is 55.7. The first-order valence-corrected chi connectivity index (χ1v) is 17.0. The molecule has 0 bridgehead atoms. The molecule has 0 aliphatic rings. The number of fused-ring (bicyclic) bond motifs is 6. The van der Waals surface area contributed by atoms with E-state index in [2.05, 4.69) is 85.4 Å². The summed E-state index contributed by atoms with van der Waals surface area (Å²) in [6.07, 6.45) is 0. The molecule has 2 aromatic heterocycles. The molecule has 0 unspecified atom stereocenters. The number of hydrogen-bond acceptors (Lipinski definition) is 3. The molecule has 0 atom stereocenters. The van der Waals surface area contributed by atoms with E-state index < -0.39 is 0 Å².